The Labute approximate surface area is 176 Å². The van der Waals surface area contributed by atoms with E-state index in [0.717, 1.165) is 0 Å². The molecule has 0 amide bonds. The van der Waals surface area contributed by atoms with Gasteiger partial charge in [0.05, 0.1) is 19.0 Å². The number of nitrogens with one attached hydrogen (secondary N) is 1. The summed E-state index contributed by atoms with van der Waals surface area (Å²) in [6.45, 7) is 1.54. The molecule has 1 aliphatic rings. The van der Waals surface area contributed by atoms with Gasteiger partial charge in [-0.2, -0.15) is 9.97 Å². The number of imidazole rings is 1. The molecule has 1 saturated carbocycles. The highest BCUT2D eigenvalue weighted by atomic mass is 35.5. The predicted octanol–water partition coefficient (Wildman–Crippen LogP) is 1.52. The Morgan fingerprint density at radius 3 is 2.60 bits per heavy atom. The van der Waals surface area contributed by atoms with Crippen LogP contribution in [0, 0.1) is 11.3 Å². The Morgan fingerprint density at radius 2 is 2.00 bits per heavy atom. The molecule has 1 aliphatic carbocycles. The van der Waals surface area contributed by atoms with Gasteiger partial charge in [0, 0.05) is 19.0 Å². The van der Waals surface area contributed by atoms with Crippen LogP contribution in [0.4, 0.5) is 5.82 Å². The van der Waals surface area contributed by atoms with Crippen LogP contribution in [0.5, 0.6) is 0 Å². The van der Waals surface area contributed by atoms with Crippen LogP contribution in [0.1, 0.15) is 19.8 Å². The molecular weight excluding hydrogens is 464 g/mol. The normalized spacial score (nSPS) is 25.2. The molecule has 5 N–H and O–H groups in total. The lowest BCUT2D eigenvalue weighted by atomic mass is 9.87. The van der Waals surface area contributed by atoms with Gasteiger partial charge in [0.1, 0.15) is 0 Å². The van der Waals surface area contributed by atoms with E-state index in [2.05, 4.69) is 24.8 Å². The number of fused-ring (bicyclic) bond motifs is 1. The lowest BCUT2D eigenvalue weighted by Crippen LogP contribution is -2.33. The van der Waals surface area contributed by atoms with Crippen LogP contribution in [0.2, 0.25) is 5.28 Å². The maximum atomic E-state index is 11.4. The minimum atomic E-state index is -4.83. The molecule has 2 aromatic heterocycles. The highest BCUT2D eigenvalue weighted by Crippen LogP contribution is 2.52. The number of hydrogen-bond donors (Lipinski definition) is 5. The van der Waals surface area contributed by atoms with Crippen molar-refractivity contribution in [1.29, 1.82) is 0 Å². The first kappa shape index (κ1) is 23.5. The van der Waals surface area contributed by atoms with Gasteiger partial charge >= 0.3 is 15.6 Å². The topological polar surface area (TPSA) is 189 Å². The van der Waals surface area contributed by atoms with Gasteiger partial charge in [-0.25, -0.2) is 14.1 Å². The van der Waals surface area contributed by atoms with Crippen molar-refractivity contribution in [2.45, 2.75) is 32.4 Å². The van der Waals surface area contributed by atoms with Gasteiger partial charge in [0.15, 0.2) is 17.0 Å². The Kier molecular flexibility index (Phi) is 6.60. The van der Waals surface area contributed by atoms with E-state index in [4.69, 9.17) is 25.9 Å². The molecule has 0 bridgehead atoms. The third-order valence-corrected chi connectivity index (χ3v) is 6.20. The van der Waals surface area contributed by atoms with Crippen molar-refractivity contribution < 1.29 is 37.8 Å². The van der Waals surface area contributed by atoms with Crippen molar-refractivity contribution in [3.05, 3.63) is 11.6 Å². The molecule has 0 aliphatic heterocycles. The minimum absolute atomic E-state index is 0.0302. The first-order valence-corrected chi connectivity index (χ1v) is 12.2. The van der Waals surface area contributed by atoms with Crippen LogP contribution in [-0.2, 0) is 24.7 Å². The lowest BCUT2D eigenvalue weighted by Gasteiger charge is -2.31. The van der Waals surface area contributed by atoms with E-state index in [9.17, 15) is 18.9 Å². The molecule has 0 unspecified atom stereocenters. The van der Waals surface area contributed by atoms with Crippen molar-refractivity contribution >= 4 is 44.2 Å². The molecule has 3 atom stereocenters. The van der Waals surface area contributed by atoms with Gasteiger partial charge in [0.25, 0.3) is 0 Å². The summed E-state index contributed by atoms with van der Waals surface area (Å²) in [7, 11) is -7.92. The van der Waals surface area contributed by atoms with E-state index in [-0.39, 0.29) is 17.6 Å². The second-order valence-corrected chi connectivity index (χ2v) is 10.2. The molecule has 1 fully saturated rings. The Bertz CT molecular complexity index is 1030. The maximum Gasteiger partial charge on any atom is 0.469 e. The zero-order valence-electron chi connectivity index (χ0n) is 16.0. The zero-order chi connectivity index (χ0) is 22.3. The fraction of sp³-hybridized carbons (Fsp3) is 0.643. The summed E-state index contributed by atoms with van der Waals surface area (Å²) in [5, 5.41) is 2.92. The number of phosphoric acid groups is 2. The van der Waals surface area contributed by atoms with E-state index in [1.54, 1.807) is 24.9 Å². The number of hydrogen-bond acceptors (Lipinski definition) is 8. The van der Waals surface area contributed by atoms with Crippen molar-refractivity contribution in [1.82, 2.24) is 19.5 Å². The lowest BCUT2D eigenvalue weighted by molar-refractivity contribution is 0.0168. The van der Waals surface area contributed by atoms with Gasteiger partial charge < -0.3 is 29.5 Å². The summed E-state index contributed by atoms with van der Waals surface area (Å²) < 4.78 is 33.8. The maximum absolute atomic E-state index is 11.4. The van der Waals surface area contributed by atoms with Crippen molar-refractivity contribution in [3.8, 4) is 0 Å². The molecule has 3 rings (SSSR count). The van der Waals surface area contributed by atoms with Gasteiger partial charge in [0.2, 0.25) is 5.28 Å². The fourth-order valence-electron chi connectivity index (χ4n) is 3.82. The van der Waals surface area contributed by atoms with Crippen LogP contribution >= 0.6 is 27.2 Å². The highest BCUT2D eigenvalue weighted by molar-refractivity contribution is 7.46. The average Bonchev–Trinajstić information content (AvgIpc) is 3.12. The van der Waals surface area contributed by atoms with Crippen molar-refractivity contribution in [3.63, 3.8) is 0 Å². The van der Waals surface area contributed by atoms with Crippen LogP contribution in [0.15, 0.2) is 6.33 Å². The summed E-state index contributed by atoms with van der Waals surface area (Å²) in [6, 6.07) is 0. The average molecular weight is 486 g/mol. The second-order valence-electron chi connectivity index (χ2n) is 7.47. The molecule has 16 heteroatoms. The SMILES string of the molecule is CNc1nc(Cl)nc2c1ncn2C[C@H]1C[C@H](OP(=O)(O)O)[C@@](C)(COP(=O)(O)O)C1. The summed E-state index contributed by atoms with van der Waals surface area (Å²) >= 11 is 5.97. The monoisotopic (exact) mass is 485 g/mol. The summed E-state index contributed by atoms with van der Waals surface area (Å²) in [5.41, 5.74) is -0.0473. The predicted molar refractivity (Wildman–Crippen MR) is 106 cm³/mol. The molecule has 2 heterocycles. The fourth-order valence-corrected chi connectivity index (χ4v) is 5.12. The van der Waals surface area contributed by atoms with Gasteiger partial charge in [-0.1, -0.05) is 6.92 Å². The molecule has 2 aromatic rings. The van der Waals surface area contributed by atoms with Crippen LogP contribution < -0.4 is 5.32 Å². The third-order valence-electron chi connectivity index (χ3n) is 5.04. The smallest absolute Gasteiger partial charge is 0.371 e. The van der Waals surface area contributed by atoms with E-state index >= 15 is 0 Å². The molecule has 0 aromatic carbocycles. The minimum Gasteiger partial charge on any atom is -0.371 e. The number of aromatic nitrogens is 4. The van der Waals surface area contributed by atoms with Gasteiger partial charge in [-0.3, -0.25) is 9.05 Å². The molecular formula is C14H22ClN5O8P2. The quantitative estimate of drug-likeness (QED) is 0.268. The van der Waals surface area contributed by atoms with E-state index in [1.165, 1.54) is 0 Å². The van der Waals surface area contributed by atoms with Crippen LogP contribution in [-0.4, -0.2) is 58.9 Å². The van der Waals surface area contributed by atoms with Crippen LogP contribution in [0.3, 0.4) is 0 Å². The zero-order valence-corrected chi connectivity index (χ0v) is 18.6. The first-order chi connectivity index (χ1) is 13.8. The Balaban J connectivity index is 1.85. The van der Waals surface area contributed by atoms with Gasteiger partial charge in [-0.15, -0.1) is 0 Å². The third kappa shape index (κ3) is 5.56. The second kappa shape index (κ2) is 8.42. The Hall–Kier alpha value is -1.14. The highest BCUT2D eigenvalue weighted by Gasteiger charge is 2.48. The van der Waals surface area contributed by atoms with E-state index in [1.807, 2.05) is 0 Å². The number of nitrogens with zero attached hydrogens (tertiary/aromatic N) is 4. The molecule has 30 heavy (non-hydrogen) atoms. The molecule has 0 spiro atoms. The Morgan fingerprint density at radius 1 is 1.30 bits per heavy atom. The number of anilines is 1. The molecule has 0 saturated heterocycles. The van der Waals surface area contributed by atoms with E-state index < -0.39 is 33.8 Å². The summed E-state index contributed by atoms with van der Waals surface area (Å²) in [4.78, 5) is 49.1. The van der Waals surface area contributed by atoms with Gasteiger partial charge in [-0.05, 0) is 30.4 Å². The summed E-state index contributed by atoms with van der Waals surface area (Å²) in [5.74, 6) is 0.286. The number of phosphoric ester groups is 2. The molecule has 13 nitrogen and oxygen atoms in total. The first-order valence-electron chi connectivity index (χ1n) is 8.80. The molecule has 0 radical (unpaired) electrons. The standard InChI is InChI=1S/C14H22ClN5O8P2/c1-14(6-27-29(21,22)23)4-8(3-9(14)28-30(24,25)26)5-20-7-17-10-11(16-2)18-13(15)19-12(10)20/h7-9H,3-6H2,1-2H3,(H,16,18,19)(H2,21,22,23)(H2,24,25,26)/t8-,9-,14+/m0/s1. The molecule has 168 valence electrons. The number of rotatable bonds is 8. The van der Waals surface area contributed by atoms with Crippen LogP contribution in [0.25, 0.3) is 11.2 Å². The van der Waals surface area contributed by atoms with Crippen molar-refractivity contribution in [2.24, 2.45) is 11.3 Å². The summed E-state index contributed by atoms with van der Waals surface area (Å²) in [6.07, 6.45) is 1.13. The largest absolute Gasteiger partial charge is 0.469 e. The number of halogens is 1. The van der Waals surface area contributed by atoms with E-state index in [0.29, 0.717) is 29.9 Å². The van der Waals surface area contributed by atoms with Crippen molar-refractivity contribution in [2.75, 3.05) is 19.0 Å².